The Morgan fingerprint density at radius 1 is 1.03 bits per heavy atom. The van der Waals surface area contributed by atoms with Gasteiger partial charge in [-0.25, -0.2) is 4.98 Å². The Bertz CT molecular complexity index is 1470. The molecule has 1 atom stereocenters. The maximum Gasteiger partial charge on any atom is 0.268 e. The molecule has 0 saturated heterocycles. The molecule has 2 amide bonds. The number of anilines is 2. The van der Waals surface area contributed by atoms with E-state index in [1.807, 2.05) is 53.9 Å². The van der Waals surface area contributed by atoms with Crippen LogP contribution in [0.15, 0.2) is 72.1 Å². The number of carbonyl (C=O) groups excluding carboxylic acids is 2. The van der Waals surface area contributed by atoms with E-state index in [0.29, 0.717) is 28.6 Å². The predicted molar refractivity (Wildman–Crippen MR) is 137 cm³/mol. The van der Waals surface area contributed by atoms with E-state index in [2.05, 4.69) is 5.32 Å². The number of amides is 2. The quantitative estimate of drug-likeness (QED) is 0.418. The summed E-state index contributed by atoms with van der Waals surface area (Å²) in [5.74, 6) is 1.11. The van der Waals surface area contributed by atoms with Gasteiger partial charge >= 0.3 is 0 Å². The Morgan fingerprint density at radius 2 is 1.83 bits per heavy atom. The van der Waals surface area contributed by atoms with Gasteiger partial charge in [-0.15, -0.1) is 11.3 Å². The zero-order valence-electron chi connectivity index (χ0n) is 19.3. The van der Waals surface area contributed by atoms with Gasteiger partial charge in [0.25, 0.3) is 5.91 Å². The average molecular weight is 500 g/mol. The normalized spacial score (nSPS) is 15.9. The summed E-state index contributed by atoms with van der Waals surface area (Å²) in [6.45, 7) is 1.66. The molecule has 36 heavy (non-hydrogen) atoms. The third kappa shape index (κ3) is 4.14. The number of hydrogen-bond donors (Lipinski definition) is 1. The van der Waals surface area contributed by atoms with Crippen molar-refractivity contribution in [2.24, 2.45) is 0 Å². The molecule has 0 fully saturated rings. The number of nitrogens with one attached hydrogen (secondary N) is 1. The molecule has 6 rings (SSSR count). The second kappa shape index (κ2) is 9.01. The van der Waals surface area contributed by atoms with Gasteiger partial charge in [0.1, 0.15) is 17.3 Å². The van der Waals surface area contributed by atoms with Gasteiger partial charge in [0.15, 0.2) is 17.6 Å². The van der Waals surface area contributed by atoms with Crippen LogP contribution in [0.3, 0.4) is 0 Å². The second-order valence-electron chi connectivity index (χ2n) is 8.39. The SMILES string of the molecule is CC1Oc2ccc(-c3csc(-c4ccccc4)n3)cc2N(CC(=O)Nc2ccc3c(c2)OCO3)C1=O. The predicted octanol–water partition coefficient (Wildman–Crippen LogP) is 4.96. The lowest BCUT2D eigenvalue weighted by Gasteiger charge is -2.32. The molecule has 0 spiro atoms. The number of benzene rings is 3. The molecule has 1 aromatic heterocycles. The Morgan fingerprint density at radius 3 is 2.69 bits per heavy atom. The largest absolute Gasteiger partial charge is 0.479 e. The molecular weight excluding hydrogens is 478 g/mol. The molecule has 4 aromatic rings. The van der Waals surface area contributed by atoms with E-state index in [1.165, 1.54) is 4.90 Å². The van der Waals surface area contributed by atoms with Gasteiger partial charge in [0.2, 0.25) is 12.7 Å². The van der Waals surface area contributed by atoms with Gasteiger partial charge in [0.05, 0.1) is 11.4 Å². The van der Waals surface area contributed by atoms with Gasteiger partial charge in [0, 0.05) is 28.3 Å². The van der Waals surface area contributed by atoms with Crippen LogP contribution in [-0.4, -0.2) is 36.2 Å². The zero-order valence-corrected chi connectivity index (χ0v) is 20.1. The number of thiazole rings is 1. The summed E-state index contributed by atoms with van der Waals surface area (Å²) in [6, 6.07) is 20.7. The van der Waals surface area contributed by atoms with Gasteiger partial charge in [-0.2, -0.15) is 0 Å². The van der Waals surface area contributed by atoms with Crippen molar-refractivity contribution in [2.45, 2.75) is 13.0 Å². The Kier molecular flexibility index (Phi) is 5.54. The molecule has 180 valence electrons. The third-order valence-electron chi connectivity index (χ3n) is 5.95. The van der Waals surface area contributed by atoms with E-state index < -0.39 is 6.10 Å². The molecule has 0 aliphatic carbocycles. The number of hydrogen-bond acceptors (Lipinski definition) is 7. The maximum absolute atomic E-state index is 13.0. The Balaban J connectivity index is 1.26. The first-order valence-electron chi connectivity index (χ1n) is 11.4. The number of carbonyl (C=O) groups is 2. The number of ether oxygens (including phenoxy) is 3. The average Bonchev–Trinajstić information content (AvgIpc) is 3.57. The lowest BCUT2D eigenvalue weighted by Crippen LogP contribution is -2.47. The molecule has 1 N–H and O–H groups in total. The number of aromatic nitrogens is 1. The van der Waals surface area contributed by atoms with Crippen LogP contribution in [-0.2, 0) is 9.59 Å². The number of fused-ring (bicyclic) bond motifs is 2. The van der Waals surface area contributed by atoms with Crippen molar-refractivity contribution in [1.82, 2.24) is 4.98 Å². The van der Waals surface area contributed by atoms with Crippen LogP contribution in [0.25, 0.3) is 21.8 Å². The molecular formula is C27H21N3O5S. The summed E-state index contributed by atoms with van der Waals surface area (Å²) in [4.78, 5) is 32.2. The Hall–Kier alpha value is -4.37. The van der Waals surface area contributed by atoms with Crippen LogP contribution >= 0.6 is 11.3 Å². The minimum atomic E-state index is -0.703. The molecule has 0 saturated carbocycles. The van der Waals surface area contributed by atoms with E-state index in [0.717, 1.165) is 21.8 Å². The number of nitrogens with zero attached hydrogens (tertiary/aromatic N) is 2. The fraction of sp³-hybridized carbons (Fsp3) is 0.148. The molecule has 8 nitrogen and oxygen atoms in total. The molecule has 9 heteroatoms. The van der Waals surface area contributed by atoms with Crippen LogP contribution in [0.1, 0.15) is 6.92 Å². The summed E-state index contributed by atoms with van der Waals surface area (Å²) in [5.41, 5.74) is 3.76. The van der Waals surface area contributed by atoms with E-state index in [1.54, 1.807) is 36.5 Å². The topological polar surface area (TPSA) is 90.0 Å². The second-order valence-corrected chi connectivity index (χ2v) is 9.25. The van der Waals surface area contributed by atoms with E-state index in [4.69, 9.17) is 19.2 Å². The highest BCUT2D eigenvalue weighted by Crippen LogP contribution is 2.39. The van der Waals surface area contributed by atoms with Crippen molar-refractivity contribution < 1.29 is 23.8 Å². The monoisotopic (exact) mass is 499 g/mol. The zero-order chi connectivity index (χ0) is 24.6. The minimum absolute atomic E-state index is 0.151. The van der Waals surface area contributed by atoms with Crippen LogP contribution in [0.2, 0.25) is 0 Å². The van der Waals surface area contributed by atoms with Crippen molar-refractivity contribution in [3.05, 3.63) is 72.1 Å². The van der Waals surface area contributed by atoms with Gasteiger partial charge in [-0.3, -0.25) is 14.5 Å². The summed E-state index contributed by atoms with van der Waals surface area (Å²) in [5, 5.41) is 5.72. The maximum atomic E-state index is 13.0. The third-order valence-corrected chi connectivity index (χ3v) is 6.84. The molecule has 3 aromatic carbocycles. The van der Waals surface area contributed by atoms with Crippen LogP contribution in [0, 0.1) is 0 Å². The Labute approximate surface area is 211 Å². The lowest BCUT2D eigenvalue weighted by atomic mass is 10.1. The molecule has 1 unspecified atom stereocenters. The van der Waals surface area contributed by atoms with Crippen LogP contribution in [0.4, 0.5) is 11.4 Å². The number of rotatable bonds is 5. The van der Waals surface area contributed by atoms with Crippen molar-refractivity contribution in [1.29, 1.82) is 0 Å². The molecule has 0 radical (unpaired) electrons. The highest BCUT2D eigenvalue weighted by atomic mass is 32.1. The highest BCUT2D eigenvalue weighted by molar-refractivity contribution is 7.13. The van der Waals surface area contributed by atoms with Gasteiger partial charge < -0.3 is 19.5 Å². The fourth-order valence-electron chi connectivity index (χ4n) is 4.17. The summed E-state index contributed by atoms with van der Waals surface area (Å²) < 4.78 is 16.5. The van der Waals surface area contributed by atoms with E-state index >= 15 is 0 Å². The van der Waals surface area contributed by atoms with E-state index in [-0.39, 0.29) is 25.2 Å². The smallest absolute Gasteiger partial charge is 0.268 e. The first kappa shape index (κ1) is 22.1. The molecule has 2 aliphatic heterocycles. The van der Waals surface area contributed by atoms with Crippen molar-refractivity contribution >= 4 is 34.5 Å². The summed E-state index contributed by atoms with van der Waals surface area (Å²) in [7, 11) is 0. The summed E-state index contributed by atoms with van der Waals surface area (Å²) >= 11 is 1.55. The lowest BCUT2D eigenvalue weighted by molar-refractivity contribution is -0.127. The van der Waals surface area contributed by atoms with Crippen molar-refractivity contribution in [2.75, 3.05) is 23.6 Å². The van der Waals surface area contributed by atoms with E-state index in [9.17, 15) is 9.59 Å². The minimum Gasteiger partial charge on any atom is -0.479 e. The van der Waals surface area contributed by atoms with Gasteiger partial charge in [-0.05, 0) is 37.3 Å². The molecule has 2 aliphatic rings. The van der Waals surface area contributed by atoms with Crippen molar-refractivity contribution in [3.63, 3.8) is 0 Å². The highest BCUT2D eigenvalue weighted by Gasteiger charge is 2.33. The first-order valence-corrected chi connectivity index (χ1v) is 12.3. The first-order chi connectivity index (χ1) is 17.5. The molecule has 3 heterocycles. The summed E-state index contributed by atoms with van der Waals surface area (Å²) in [6.07, 6.45) is -0.703. The van der Waals surface area contributed by atoms with Crippen molar-refractivity contribution in [3.8, 4) is 39.1 Å². The van der Waals surface area contributed by atoms with Crippen LogP contribution in [0.5, 0.6) is 17.2 Å². The standard InChI is InChI=1S/C27H21N3O5S/c1-16-27(32)30(13-25(31)28-19-8-10-23-24(12-19)34-15-33-23)21-11-18(7-9-22(21)35-16)20-14-36-26(29-20)17-5-3-2-4-6-17/h2-12,14,16H,13,15H2,1H3,(H,28,31). The molecule has 0 bridgehead atoms. The fourth-order valence-corrected chi connectivity index (χ4v) is 5.00. The van der Waals surface area contributed by atoms with Gasteiger partial charge in [-0.1, -0.05) is 30.3 Å². The van der Waals surface area contributed by atoms with Crippen LogP contribution < -0.4 is 24.4 Å².